The summed E-state index contributed by atoms with van der Waals surface area (Å²) in [6.07, 6.45) is 4.25. The monoisotopic (exact) mass is 293 g/mol. The van der Waals surface area contributed by atoms with Gasteiger partial charge in [0.05, 0.1) is 6.04 Å². The van der Waals surface area contributed by atoms with E-state index in [4.69, 9.17) is 0 Å². The van der Waals surface area contributed by atoms with Gasteiger partial charge in [0.1, 0.15) is 0 Å². The fraction of sp³-hybridized carbons (Fsp3) is 0.588. The fourth-order valence-electron chi connectivity index (χ4n) is 2.20. The van der Waals surface area contributed by atoms with Gasteiger partial charge in [-0.2, -0.15) is 11.8 Å². The van der Waals surface area contributed by atoms with Gasteiger partial charge in [-0.15, -0.1) is 0 Å². The first-order valence-electron chi connectivity index (χ1n) is 7.35. The Morgan fingerprint density at radius 1 is 1.25 bits per heavy atom. The van der Waals surface area contributed by atoms with Gasteiger partial charge < -0.3 is 0 Å². The largest absolute Gasteiger partial charge is 0.294 e. The second-order valence-corrected chi connectivity index (χ2v) is 6.37. The van der Waals surface area contributed by atoms with Crippen LogP contribution in [0.25, 0.3) is 0 Å². The molecule has 0 aliphatic heterocycles. The Morgan fingerprint density at radius 2 is 1.85 bits per heavy atom. The number of likely N-dealkylation sites (N-methyl/N-ethyl adjacent to an activating group) is 1. The summed E-state index contributed by atoms with van der Waals surface area (Å²) in [6, 6.07) is 8.38. The first-order valence-corrected chi connectivity index (χ1v) is 8.74. The maximum absolute atomic E-state index is 12.5. The van der Waals surface area contributed by atoms with Crippen LogP contribution in [0.3, 0.4) is 0 Å². The highest BCUT2D eigenvalue weighted by Gasteiger charge is 2.22. The molecule has 0 radical (unpaired) electrons. The van der Waals surface area contributed by atoms with Crippen LogP contribution >= 0.6 is 11.8 Å². The van der Waals surface area contributed by atoms with Gasteiger partial charge in [0.15, 0.2) is 5.78 Å². The van der Waals surface area contributed by atoms with Gasteiger partial charge in [0.2, 0.25) is 0 Å². The van der Waals surface area contributed by atoms with E-state index in [0.717, 1.165) is 24.2 Å². The minimum absolute atomic E-state index is 0.0701. The molecule has 0 saturated carbocycles. The number of ketones is 1. The van der Waals surface area contributed by atoms with Gasteiger partial charge in [0.25, 0.3) is 0 Å². The Bertz CT molecular complexity index is 416. The minimum atomic E-state index is -0.0701. The zero-order chi connectivity index (χ0) is 15.1. The molecule has 0 N–H and O–H groups in total. The smallest absolute Gasteiger partial charge is 0.179 e. The van der Waals surface area contributed by atoms with Gasteiger partial charge in [-0.05, 0) is 51.3 Å². The number of Topliss-reactive ketones (excluding diaryl/α,β-unsaturated/α-hetero) is 1. The molecule has 0 saturated heterocycles. The summed E-state index contributed by atoms with van der Waals surface area (Å²) in [7, 11) is 2.05. The van der Waals surface area contributed by atoms with Crippen molar-refractivity contribution in [2.45, 2.75) is 45.7 Å². The van der Waals surface area contributed by atoms with Crippen LogP contribution in [-0.4, -0.2) is 41.8 Å². The highest BCUT2D eigenvalue weighted by Crippen LogP contribution is 2.14. The van der Waals surface area contributed by atoms with E-state index in [9.17, 15) is 4.79 Å². The third-order valence-electron chi connectivity index (χ3n) is 4.07. The molecule has 0 heterocycles. The molecule has 20 heavy (non-hydrogen) atoms. The Hall–Kier alpha value is -0.800. The number of hydrogen-bond donors (Lipinski definition) is 0. The predicted molar refractivity (Wildman–Crippen MR) is 89.8 cm³/mol. The summed E-state index contributed by atoms with van der Waals surface area (Å²) in [4.78, 5) is 14.7. The van der Waals surface area contributed by atoms with Crippen LogP contribution in [0.15, 0.2) is 24.3 Å². The first kappa shape index (κ1) is 17.3. The van der Waals surface area contributed by atoms with Crippen molar-refractivity contribution in [3.63, 3.8) is 0 Å². The van der Waals surface area contributed by atoms with Crippen LogP contribution in [0.4, 0.5) is 0 Å². The average molecular weight is 293 g/mol. The Morgan fingerprint density at radius 3 is 2.35 bits per heavy atom. The van der Waals surface area contributed by atoms with Crippen LogP contribution in [0.1, 0.15) is 43.1 Å². The normalized spacial score (nSPS) is 14.3. The molecule has 0 aliphatic rings. The molecule has 0 aliphatic carbocycles. The summed E-state index contributed by atoms with van der Waals surface area (Å²) >= 11 is 1.86. The number of benzene rings is 1. The molecule has 1 rings (SSSR count). The lowest BCUT2D eigenvalue weighted by Gasteiger charge is -2.29. The molecule has 2 nitrogen and oxygen atoms in total. The first-order chi connectivity index (χ1) is 9.51. The number of rotatable bonds is 8. The van der Waals surface area contributed by atoms with Crippen molar-refractivity contribution >= 4 is 17.5 Å². The quantitative estimate of drug-likeness (QED) is 0.678. The molecule has 1 aromatic rings. The molecule has 2 unspecified atom stereocenters. The number of hydrogen-bond acceptors (Lipinski definition) is 3. The van der Waals surface area contributed by atoms with Crippen LogP contribution in [0.5, 0.6) is 0 Å². The van der Waals surface area contributed by atoms with Crippen LogP contribution in [0.2, 0.25) is 0 Å². The number of carbonyl (C=O) groups is 1. The van der Waals surface area contributed by atoms with Crippen LogP contribution in [0, 0.1) is 0 Å². The fourth-order valence-corrected chi connectivity index (χ4v) is 2.78. The van der Waals surface area contributed by atoms with Gasteiger partial charge in [0, 0.05) is 11.6 Å². The maximum Gasteiger partial charge on any atom is 0.179 e. The molecule has 2 atom stereocenters. The average Bonchev–Trinajstić information content (AvgIpc) is 2.50. The van der Waals surface area contributed by atoms with E-state index in [1.54, 1.807) is 0 Å². The van der Waals surface area contributed by atoms with Crippen molar-refractivity contribution in [3.05, 3.63) is 35.4 Å². The van der Waals surface area contributed by atoms with Crippen molar-refractivity contribution in [2.75, 3.05) is 19.1 Å². The van der Waals surface area contributed by atoms with Gasteiger partial charge in [-0.1, -0.05) is 31.2 Å². The lowest BCUT2D eigenvalue weighted by atomic mass is 10.0. The minimum Gasteiger partial charge on any atom is -0.294 e. The molecular weight excluding hydrogens is 266 g/mol. The molecule has 0 bridgehead atoms. The summed E-state index contributed by atoms with van der Waals surface area (Å²) in [5, 5.41) is 0. The summed E-state index contributed by atoms with van der Waals surface area (Å²) < 4.78 is 0. The van der Waals surface area contributed by atoms with E-state index in [-0.39, 0.29) is 11.8 Å². The number of nitrogens with zero attached hydrogens (tertiary/aromatic N) is 1. The second-order valence-electron chi connectivity index (χ2n) is 5.39. The summed E-state index contributed by atoms with van der Waals surface area (Å²) in [5.41, 5.74) is 2.09. The Balaban J connectivity index is 2.69. The summed E-state index contributed by atoms with van der Waals surface area (Å²) in [5.74, 6) is 1.35. The molecule has 112 valence electrons. The summed E-state index contributed by atoms with van der Waals surface area (Å²) in [6.45, 7) is 6.33. The predicted octanol–water partition coefficient (Wildman–Crippen LogP) is 3.89. The van der Waals surface area contributed by atoms with Crippen molar-refractivity contribution < 1.29 is 4.79 Å². The molecule has 1 aromatic carbocycles. The highest BCUT2D eigenvalue weighted by molar-refractivity contribution is 7.98. The lowest BCUT2D eigenvalue weighted by molar-refractivity contribution is 0.0824. The molecule has 0 amide bonds. The zero-order valence-corrected chi connectivity index (χ0v) is 14.2. The lowest BCUT2D eigenvalue weighted by Crippen LogP contribution is -2.42. The SMILES string of the molecule is CCc1ccc(C(=O)C(C)N(C)C(C)CCSC)cc1. The van der Waals surface area contributed by atoms with E-state index < -0.39 is 0 Å². The van der Waals surface area contributed by atoms with Gasteiger partial charge in [-0.3, -0.25) is 9.69 Å². The second kappa shape index (κ2) is 8.48. The molecule has 0 aromatic heterocycles. The molecule has 0 spiro atoms. The van der Waals surface area contributed by atoms with Crippen molar-refractivity contribution in [1.29, 1.82) is 0 Å². The van der Waals surface area contributed by atoms with E-state index in [0.29, 0.717) is 6.04 Å². The van der Waals surface area contributed by atoms with Crippen LogP contribution < -0.4 is 0 Å². The topological polar surface area (TPSA) is 20.3 Å². The van der Waals surface area contributed by atoms with Crippen LogP contribution in [-0.2, 0) is 6.42 Å². The molecule has 0 fully saturated rings. The standard InChI is InChI=1S/C17H27NOS/c1-6-15-7-9-16(10-8-15)17(19)14(3)18(4)13(2)11-12-20-5/h7-10,13-14H,6,11-12H2,1-5H3. The molecule has 3 heteroatoms. The Labute approximate surface area is 127 Å². The van der Waals surface area contributed by atoms with E-state index in [1.807, 2.05) is 37.9 Å². The zero-order valence-electron chi connectivity index (χ0n) is 13.3. The van der Waals surface area contributed by atoms with E-state index in [1.165, 1.54) is 5.56 Å². The van der Waals surface area contributed by atoms with Crippen molar-refractivity contribution in [3.8, 4) is 0 Å². The highest BCUT2D eigenvalue weighted by atomic mass is 32.2. The van der Waals surface area contributed by atoms with E-state index >= 15 is 0 Å². The van der Waals surface area contributed by atoms with Gasteiger partial charge >= 0.3 is 0 Å². The number of thioether (sulfide) groups is 1. The third kappa shape index (κ3) is 4.64. The van der Waals surface area contributed by atoms with Crippen molar-refractivity contribution in [1.82, 2.24) is 4.90 Å². The maximum atomic E-state index is 12.5. The Kier molecular flexibility index (Phi) is 7.31. The number of carbonyl (C=O) groups excluding carboxylic acids is 1. The third-order valence-corrected chi connectivity index (χ3v) is 4.72. The van der Waals surface area contributed by atoms with E-state index in [2.05, 4.69) is 37.1 Å². The van der Waals surface area contributed by atoms with Gasteiger partial charge in [-0.25, -0.2) is 0 Å². The molecular formula is C17H27NOS. The number of aryl methyl sites for hydroxylation is 1. The van der Waals surface area contributed by atoms with Crippen molar-refractivity contribution in [2.24, 2.45) is 0 Å².